The first-order valence-electron chi connectivity index (χ1n) is 10.6. The predicted molar refractivity (Wildman–Crippen MR) is 116 cm³/mol. The fraction of sp³-hybridized carbons (Fsp3) is 0.619. The van der Waals surface area contributed by atoms with E-state index >= 15 is 0 Å². The quantitative estimate of drug-likeness (QED) is 0.0895. The molecule has 1 unspecified atom stereocenters. The van der Waals surface area contributed by atoms with E-state index in [0.717, 1.165) is 0 Å². The monoisotopic (exact) mass is 566 g/mol. The van der Waals surface area contributed by atoms with E-state index in [2.05, 4.69) is 28.5 Å². The number of hydrogen-bond acceptors (Lipinski definition) is 9. The Hall–Kier alpha value is -3.50. The zero-order valence-corrected chi connectivity index (χ0v) is 20.5. The summed E-state index contributed by atoms with van der Waals surface area (Å²) in [4.78, 5) is 46.1. The molecule has 0 aliphatic rings. The van der Waals surface area contributed by atoms with Crippen molar-refractivity contribution in [3.8, 4) is 0 Å². The van der Waals surface area contributed by atoms with E-state index in [0.29, 0.717) is 0 Å². The highest BCUT2D eigenvalue weighted by molar-refractivity contribution is 5.87. The van der Waals surface area contributed by atoms with Crippen LogP contribution < -0.4 is 10.6 Å². The molecule has 17 heteroatoms. The summed E-state index contributed by atoms with van der Waals surface area (Å²) in [5.41, 5.74) is 0.195. The Morgan fingerprint density at radius 2 is 1.26 bits per heavy atom. The second-order valence-electron chi connectivity index (χ2n) is 7.46. The number of carbonyl (C=O) groups excluding carboxylic acids is 4. The fourth-order valence-electron chi connectivity index (χ4n) is 1.94. The van der Waals surface area contributed by atoms with Crippen LogP contribution in [0.1, 0.15) is 13.8 Å². The standard InChI is InChI=1S/C21H28F6N2O9/c1-12(2)15(30)35-7-5-28-18(32)37-10-14(9-34-11-20(24,25)21(26,27)17(22)23)38-19(33)29-6-8-36-16(31)13(3)4/h14,17H,1,3,5-11H2,2,4H3,(H,28,32)(H,29,33). The lowest BCUT2D eigenvalue weighted by molar-refractivity contribution is -0.280. The Morgan fingerprint density at radius 1 is 0.789 bits per heavy atom. The number of rotatable bonds is 17. The SMILES string of the molecule is C=C(C)C(=O)OCCNC(=O)OCC(COCC(F)(F)C(F)(F)C(F)F)OC(=O)NCCOC(=O)C(=C)C. The largest absolute Gasteiger partial charge is 0.460 e. The molecule has 0 rings (SSSR count). The van der Waals surface area contributed by atoms with Crippen LogP contribution in [-0.4, -0.2) is 94.6 Å². The molecule has 0 aromatic rings. The van der Waals surface area contributed by atoms with Gasteiger partial charge in [-0.2, -0.15) is 17.6 Å². The zero-order valence-electron chi connectivity index (χ0n) is 20.5. The van der Waals surface area contributed by atoms with Crippen molar-refractivity contribution in [1.29, 1.82) is 0 Å². The molecule has 0 radical (unpaired) electrons. The summed E-state index contributed by atoms with van der Waals surface area (Å²) in [6.07, 6.45) is -8.74. The van der Waals surface area contributed by atoms with Crippen LogP contribution >= 0.6 is 0 Å². The lowest BCUT2D eigenvalue weighted by Crippen LogP contribution is -2.49. The number of esters is 2. The summed E-state index contributed by atoms with van der Waals surface area (Å²) in [7, 11) is 0. The van der Waals surface area contributed by atoms with Crippen LogP contribution in [-0.2, 0) is 33.3 Å². The van der Waals surface area contributed by atoms with Crippen molar-refractivity contribution in [3.63, 3.8) is 0 Å². The van der Waals surface area contributed by atoms with Gasteiger partial charge < -0.3 is 34.3 Å². The molecule has 0 aromatic carbocycles. The van der Waals surface area contributed by atoms with Gasteiger partial charge in [0.2, 0.25) is 0 Å². The van der Waals surface area contributed by atoms with E-state index in [1.807, 2.05) is 0 Å². The number of nitrogens with one attached hydrogen (secondary N) is 2. The molecule has 2 amide bonds. The van der Waals surface area contributed by atoms with E-state index in [-0.39, 0.29) is 37.4 Å². The van der Waals surface area contributed by atoms with Gasteiger partial charge in [0.1, 0.15) is 26.4 Å². The van der Waals surface area contributed by atoms with E-state index < -0.39 is 68.3 Å². The third-order valence-electron chi connectivity index (χ3n) is 3.93. The van der Waals surface area contributed by atoms with Gasteiger partial charge in [0.15, 0.2) is 6.10 Å². The molecule has 2 N–H and O–H groups in total. The molecule has 0 saturated carbocycles. The highest BCUT2D eigenvalue weighted by Crippen LogP contribution is 2.39. The highest BCUT2D eigenvalue weighted by Gasteiger charge is 2.63. The van der Waals surface area contributed by atoms with Gasteiger partial charge >= 0.3 is 42.4 Å². The van der Waals surface area contributed by atoms with Gasteiger partial charge in [0, 0.05) is 11.1 Å². The Kier molecular flexibility index (Phi) is 14.9. The zero-order chi connectivity index (χ0) is 29.5. The van der Waals surface area contributed by atoms with Crippen molar-refractivity contribution in [3.05, 3.63) is 24.3 Å². The van der Waals surface area contributed by atoms with Crippen LogP contribution in [0.25, 0.3) is 0 Å². The third-order valence-corrected chi connectivity index (χ3v) is 3.93. The van der Waals surface area contributed by atoms with Gasteiger partial charge in [-0.3, -0.25) is 0 Å². The van der Waals surface area contributed by atoms with Crippen LogP contribution in [0.4, 0.5) is 35.9 Å². The minimum absolute atomic E-state index is 0.0865. The van der Waals surface area contributed by atoms with Crippen molar-refractivity contribution in [2.45, 2.75) is 38.2 Å². The van der Waals surface area contributed by atoms with Crippen molar-refractivity contribution < 1.29 is 69.2 Å². The maximum absolute atomic E-state index is 13.4. The molecule has 0 saturated heterocycles. The minimum atomic E-state index is -5.70. The molecule has 11 nitrogen and oxygen atoms in total. The van der Waals surface area contributed by atoms with E-state index in [9.17, 15) is 45.5 Å². The Labute approximate surface area is 213 Å². The molecular weight excluding hydrogens is 538 g/mol. The van der Waals surface area contributed by atoms with Crippen LogP contribution in [0.3, 0.4) is 0 Å². The summed E-state index contributed by atoms with van der Waals surface area (Å²) in [6.45, 7) is 4.25. The molecule has 1 atom stereocenters. The minimum Gasteiger partial charge on any atom is -0.460 e. The summed E-state index contributed by atoms with van der Waals surface area (Å²) in [5.74, 6) is -12.4. The van der Waals surface area contributed by atoms with Crippen molar-refractivity contribution in [2.75, 3.05) is 46.1 Å². The van der Waals surface area contributed by atoms with Gasteiger partial charge in [0.25, 0.3) is 0 Å². The van der Waals surface area contributed by atoms with E-state index in [1.165, 1.54) is 13.8 Å². The van der Waals surface area contributed by atoms with Crippen LogP contribution in [0.2, 0.25) is 0 Å². The number of ether oxygens (including phenoxy) is 5. The second-order valence-corrected chi connectivity index (χ2v) is 7.46. The molecule has 38 heavy (non-hydrogen) atoms. The summed E-state index contributed by atoms with van der Waals surface area (Å²) in [5, 5.41) is 4.24. The third kappa shape index (κ3) is 13.2. The lowest BCUT2D eigenvalue weighted by Gasteiger charge is -2.26. The molecule has 218 valence electrons. The lowest BCUT2D eigenvalue weighted by atomic mass is 10.2. The first kappa shape index (κ1) is 34.5. The van der Waals surface area contributed by atoms with Gasteiger partial charge in [-0.15, -0.1) is 0 Å². The number of amides is 2. The van der Waals surface area contributed by atoms with E-state index in [4.69, 9.17) is 18.9 Å². The smallest absolute Gasteiger partial charge is 0.407 e. The number of alkyl carbamates (subject to hydrolysis) is 2. The summed E-state index contributed by atoms with van der Waals surface area (Å²) in [6, 6.07) is 0. The van der Waals surface area contributed by atoms with Gasteiger partial charge in [-0.25, -0.2) is 28.0 Å². The molecule has 0 heterocycles. The molecule has 0 aliphatic carbocycles. The average Bonchev–Trinajstić information content (AvgIpc) is 2.81. The first-order valence-corrected chi connectivity index (χ1v) is 10.6. The molecule has 0 aliphatic heterocycles. The maximum atomic E-state index is 13.4. The molecule has 0 spiro atoms. The topological polar surface area (TPSA) is 138 Å². The van der Waals surface area contributed by atoms with Crippen LogP contribution in [0, 0.1) is 0 Å². The second kappa shape index (κ2) is 16.4. The number of halogens is 6. The average molecular weight is 566 g/mol. The van der Waals surface area contributed by atoms with E-state index in [1.54, 1.807) is 0 Å². The number of alkyl halides is 6. The Balaban J connectivity index is 4.87. The van der Waals surface area contributed by atoms with Crippen molar-refractivity contribution >= 4 is 24.1 Å². The highest BCUT2D eigenvalue weighted by atomic mass is 19.3. The van der Waals surface area contributed by atoms with Crippen LogP contribution in [0.15, 0.2) is 24.3 Å². The normalized spacial score (nSPS) is 12.2. The number of carbonyl (C=O) groups is 4. The maximum Gasteiger partial charge on any atom is 0.407 e. The predicted octanol–water partition coefficient (Wildman–Crippen LogP) is 2.60. The molecular formula is C21H28F6N2O9. The number of hydrogen-bond donors (Lipinski definition) is 2. The molecule has 0 aromatic heterocycles. The summed E-state index contributed by atoms with van der Waals surface area (Å²) < 4.78 is 101. The molecule has 0 fully saturated rings. The molecule has 0 bridgehead atoms. The van der Waals surface area contributed by atoms with Crippen molar-refractivity contribution in [2.24, 2.45) is 0 Å². The van der Waals surface area contributed by atoms with Gasteiger partial charge in [-0.1, -0.05) is 13.2 Å². The Morgan fingerprint density at radius 3 is 1.71 bits per heavy atom. The summed E-state index contributed by atoms with van der Waals surface area (Å²) >= 11 is 0. The van der Waals surface area contributed by atoms with Crippen LogP contribution in [0.5, 0.6) is 0 Å². The van der Waals surface area contributed by atoms with Crippen molar-refractivity contribution in [1.82, 2.24) is 10.6 Å². The first-order chi connectivity index (χ1) is 17.5. The van der Waals surface area contributed by atoms with Gasteiger partial charge in [0.05, 0.1) is 19.7 Å². The van der Waals surface area contributed by atoms with Gasteiger partial charge in [-0.05, 0) is 13.8 Å². The Bertz CT molecular complexity index is 855. The fourth-order valence-corrected chi connectivity index (χ4v) is 1.94.